The number of para-hydroxylation sites is 1. The standard InChI is InChI=1S/C26H31N5O2.H2/c1-16(2)26(32)30-14-23-21(17(3)10-12-29-23)15-33-24-8-6-7-19-20(22(28-5)9-11-27)13-18(4)31-25(19)24;/h6-13,16H,14-15,27H2,1-5H3,(H,30,32);1H/b11-9-,28-22?;. The maximum atomic E-state index is 12.0. The number of hydrogen-bond donors (Lipinski definition) is 2. The van der Waals surface area contributed by atoms with Crippen molar-refractivity contribution in [2.45, 2.75) is 40.8 Å². The monoisotopic (exact) mass is 447 g/mol. The van der Waals surface area contributed by atoms with E-state index in [0.29, 0.717) is 18.9 Å². The van der Waals surface area contributed by atoms with Crippen LogP contribution < -0.4 is 15.8 Å². The van der Waals surface area contributed by atoms with Crippen LogP contribution in [0.2, 0.25) is 0 Å². The fraction of sp³-hybridized carbons (Fsp3) is 0.308. The molecule has 0 bridgehead atoms. The minimum absolute atomic E-state index is 0. The van der Waals surface area contributed by atoms with Crippen LogP contribution >= 0.6 is 0 Å². The molecule has 2 aromatic heterocycles. The van der Waals surface area contributed by atoms with Gasteiger partial charge in [-0.05, 0) is 49.9 Å². The van der Waals surface area contributed by atoms with Crippen LogP contribution in [0, 0.1) is 19.8 Å². The second-order valence-corrected chi connectivity index (χ2v) is 8.15. The largest absolute Gasteiger partial charge is 0.487 e. The molecule has 1 aromatic carbocycles. The van der Waals surface area contributed by atoms with Crippen LogP contribution in [0.5, 0.6) is 5.75 Å². The Kier molecular flexibility index (Phi) is 7.77. The number of hydrogen-bond acceptors (Lipinski definition) is 6. The molecule has 0 atom stereocenters. The van der Waals surface area contributed by atoms with Gasteiger partial charge in [0.15, 0.2) is 0 Å². The molecule has 0 aliphatic heterocycles. The summed E-state index contributed by atoms with van der Waals surface area (Å²) in [5.74, 6) is 0.579. The number of aryl methyl sites for hydroxylation is 2. The van der Waals surface area contributed by atoms with E-state index in [2.05, 4.69) is 15.3 Å². The zero-order chi connectivity index (χ0) is 24.0. The number of nitrogens with two attached hydrogens (primary N) is 1. The van der Waals surface area contributed by atoms with Gasteiger partial charge in [-0.25, -0.2) is 4.98 Å². The summed E-state index contributed by atoms with van der Waals surface area (Å²) in [6.45, 7) is 8.36. The van der Waals surface area contributed by atoms with Crippen molar-refractivity contribution in [3.05, 3.63) is 76.9 Å². The van der Waals surface area contributed by atoms with Gasteiger partial charge in [-0.3, -0.25) is 14.8 Å². The van der Waals surface area contributed by atoms with Gasteiger partial charge in [-0.2, -0.15) is 0 Å². The average Bonchev–Trinajstić information content (AvgIpc) is 2.79. The number of carbonyl (C=O) groups excluding carboxylic acids is 1. The molecule has 33 heavy (non-hydrogen) atoms. The van der Waals surface area contributed by atoms with E-state index < -0.39 is 0 Å². The summed E-state index contributed by atoms with van der Waals surface area (Å²) >= 11 is 0. The van der Waals surface area contributed by atoms with E-state index in [-0.39, 0.29) is 13.3 Å². The van der Waals surface area contributed by atoms with Gasteiger partial charge in [0.05, 0.1) is 18.0 Å². The van der Waals surface area contributed by atoms with E-state index in [1.54, 1.807) is 19.3 Å². The summed E-state index contributed by atoms with van der Waals surface area (Å²) in [4.78, 5) is 25.6. The first kappa shape index (κ1) is 23.9. The first-order valence-corrected chi connectivity index (χ1v) is 10.9. The third-order valence-corrected chi connectivity index (χ3v) is 5.41. The Hall–Kier alpha value is -3.74. The second-order valence-electron chi connectivity index (χ2n) is 8.15. The van der Waals surface area contributed by atoms with Gasteiger partial charge in [0.1, 0.15) is 17.9 Å². The molecule has 0 radical (unpaired) electrons. The Morgan fingerprint density at radius 3 is 2.79 bits per heavy atom. The highest BCUT2D eigenvalue weighted by molar-refractivity contribution is 6.16. The van der Waals surface area contributed by atoms with Crippen molar-refractivity contribution in [2.75, 3.05) is 7.05 Å². The van der Waals surface area contributed by atoms with E-state index in [1.807, 2.05) is 58.0 Å². The third kappa shape index (κ3) is 5.55. The molecule has 3 rings (SSSR count). The highest BCUT2D eigenvalue weighted by Gasteiger charge is 2.15. The van der Waals surface area contributed by atoms with Crippen LogP contribution in [0.1, 0.15) is 43.4 Å². The van der Waals surface area contributed by atoms with Crippen molar-refractivity contribution < 1.29 is 11.0 Å². The van der Waals surface area contributed by atoms with E-state index in [1.165, 1.54) is 6.20 Å². The van der Waals surface area contributed by atoms with Gasteiger partial charge in [-0.1, -0.05) is 26.0 Å². The van der Waals surface area contributed by atoms with Crippen molar-refractivity contribution >= 4 is 22.5 Å². The lowest BCUT2D eigenvalue weighted by Crippen LogP contribution is -2.28. The van der Waals surface area contributed by atoms with Crippen LogP contribution in [0.15, 0.2) is 53.8 Å². The zero-order valence-electron chi connectivity index (χ0n) is 19.8. The number of nitrogens with one attached hydrogen (secondary N) is 1. The van der Waals surface area contributed by atoms with Crippen molar-refractivity contribution in [1.82, 2.24) is 15.3 Å². The van der Waals surface area contributed by atoms with E-state index >= 15 is 0 Å². The SMILES string of the molecule is CN=C(/C=C\N)c1cc(C)nc2c(OCc3c(C)ccnc3CNC(=O)C(C)C)cccc12.[HH]. The predicted molar refractivity (Wildman–Crippen MR) is 134 cm³/mol. The van der Waals surface area contributed by atoms with Crippen LogP contribution in [0.3, 0.4) is 0 Å². The van der Waals surface area contributed by atoms with Gasteiger partial charge >= 0.3 is 0 Å². The number of carbonyl (C=O) groups is 1. The fourth-order valence-corrected chi connectivity index (χ4v) is 3.57. The van der Waals surface area contributed by atoms with Crippen molar-refractivity contribution in [2.24, 2.45) is 16.6 Å². The molecule has 0 saturated heterocycles. The Labute approximate surface area is 196 Å². The van der Waals surface area contributed by atoms with Gasteiger partial charge in [0.2, 0.25) is 5.91 Å². The highest BCUT2D eigenvalue weighted by Crippen LogP contribution is 2.29. The summed E-state index contributed by atoms with van der Waals surface area (Å²) in [7, 11) is 1.74. The van der Waals surface area contributed by atoms with Crippen LogP contribution in [0.25, 0.3) is 10.9 Å². The minimum atomic E-state index is -0.0839. The Balaban J connectivity index is 0.00000408. The first-order chi connectivity index (χ1) is 15.8. The van der Waals surface area contributed by atoms with Crippen LogP contribution in [-0.4, -0.2) is 28.6 Å². The smallest absolute Gasteiger partial charge is 0.222 e. The lowest BCUT2D eigenvalue weighted by atomic mass is 10.0. The summed E-state index contributed by atoms with van der Waals surface area (Å²) in [5.41, 5.74) is 11.8. The molecule has 0 fully saturated rings. The normalized spacial score (nSPS) is 12.0. The van der Waals surface area contributed by atoms with E-state index in [9.17, 15) is 4.79 Å². The van der Waals surface area contributed by atoms with E-state index in [4.69, 9.17) is 15.5 Å². The molecule has 7 heteroatoms. The number of amides is 1. The van der Waals surface area contributed by atoms with Gasteiger partial charge in [0, 0.05) is 42.8 Å². The van der Waals surface area contributed by atoms with Crippen molar-refractivity contribution in [3.63, 3.8) is 0 Å². The number of pyridine rings is 2. The first-order valence-electron chi connectivity index (χ1n) is 10.9. The summed E-state index contributed by atoms with van der Waals surface area (Å²) in [5, 5.41) is 3.87. The van der Waals surface area contributed by atoms with Crippen molar-refractivity contribution in [3.8, 4) is 5.75 Å². The molecule has 2 heterocycles. The molecule has 3 N–H and O–H groups in total. The molecule has 0 unspecified atom stereocenters. The molecular weight excluding hydrogens is 414 g/mol. The molecule has 7 nitrogen and oxygen atoms in total. The predicted octanol–water partition coefficient (Wildman–Crippen LogP) is 4.24. The number of benzene rings is 1. The number of aliphatic imine (C=N–C) groups is 1. The third-order valence-electron chi connectivity index (χ3n) is 5.41. The molecule has 3 aromatic rings. The number of aromatic nitrogens is 2. The number of rotatable bonds is 8. The Bertz CT molecular complexity index is 1220. The topological polar surface area (TPSA) is 102 Å². The molecule has 0 aliphatic carbocycles. The van der Waals surface area contributed by atoms with Gasteiger partial charge in [-0.15, -0.1) is 0 Å². The number of nitrogens with zero attached hydrogens (tertiary/aromatic N) is 3. The Morgan fingerprint density at radius 2 is 2.09 bits per heavy atom. The Morgan fingerprint density at radius 1 is 1.30 bits per heavy atom. The summed E-state index contributed by atoms with van der Waals surface area (Å²) < 4.78 is 6.27. The van der Waals surface area contributed by atoms with Gasteiger partial charge in [0.25, 0.3) is 0 Å². The molecule has 174 valence electrons. The maximum absolute atomic E-state index is 12.0. The molecule has 1 amide bonds. The quantitative estimate of drug-likeness (QED) is 0.503. The zero-order valence-corrected chi connectivity index (χ0v) is 19.8. The molecular formula is C26H33N5O2. The number of fused-ring (bicyclic) bond motifs is 1. The molecule has 0 aliphatic rings. The minimum Gasteiger partial charge on any atom is -0.487 e. The van der Waals surface area contributed by atoms with Gasteiger partial charge < -0.3 is 15.8 Å². The fourth-order valence-electron chi connectivity index (χ4n) is 3.57. The second kappa shape index (κ2) is 10.7. The summed E-state index contributed by atoms with van der Waals surface area (Å²) in [6, 6.07) is 9.79. The van der Waals surface area contributed by atoms with Crippen LogP contribution in [-0.2, 0) is 17.9 Å². The van der Waals surface area contributed by atoms with Crippen molar-refractivity contribution in [1.29, 1.82) is 0 Å². The average molecular weight is 448 g/mol. The number of ether oxygens (including phenoxy) is 1. The number of allylic oxidation sites excluding steroid dienone is 1. The van der Waals surface area contributed by atoms with Crippen LogP contribution in [0.4, 0.5) is 0 Å². The lowest BCUT2D eigenvalue weighted by molar-refractivity contribution is -0.124. The highest BCUT2D eigenvalue weighted by atomic mass is 16.5. The lowest BCUT2D eigenvalue weighted by Gasteiger charge is -2.16. The van der Waals surface area contributed by atoms with E-state index in [0.717, 1.165) is 44.7 Å². The summed E-state index contributed by atoms with van der Waals surface area (Å²) in [6.07, 6.45) is 5.01. The maximum Gasteiger partial charge on any atom is 0.222 e. The molecule has 0 spiro atoms. The molecule has 0 saturated carbocycles.